The zero-order valence-electron chi connectivity index (χ0n) is 40.6. The van der Waals surface area contributed by atoms with Gasteiger partial charge in [0, 0.05) is 20.0 Å². The Morgan fingerprint density at radius 2 is 1.38 bits per heavy atom. The maximum atomic E-state index is 13.9. The van der Waals surface area contributed by atoms with Crippen LogP contribution < -0.4 is 11.1 Å². The Morgan fingerprint density at radius 1 is 0.862 bits per heavy atom. The third kappa shape index (κ3) is 13.5. The zero-order chi connectivity index (χ0) is 47.6. The molecule has 13 heteroatoms. The number of methoxy groups -OCH3 is 1. The van der Waals surface area contributed by atoms with Crippen LogP contribution in [0, 0.1) is 22.7 Å². The van der Waals surface area contributed by atoms with Crippen LogP contribution in [0.4, 0.5) is 0 Å². The molecule has 4 aromatic rings. The lowest BCUT2D eigenvalue weighted by Gasteiger charge is -2.48. The Labute approximate surface area is 386 Å². The van der Waals surface area contributed by atoms with Crippen LogP contribution in [0.15, 0.2) is 60.9 Å². The van der Waals surface area contributed by atoms with Gasteiger partial charge < -0.3 is 45.1 Å². The van der Waals surface area contributed by atoms with E-state index in [1.54, 1.807) is 7.11 Å². The minimum absolute atomic E-state index is 0.0548. The summed E-state index contributed by atoms with van der Waals surface area (Å²) in [4.78, 5) is 50.6. The standard InChI is InChI=1S/C40H55N5O3.C9H15NO3.C3H6O/c1-26-10-20-31(21-11-26)48-40(8,25-47-9)37(46)45-35(39(5,6)7)36-42-24-33(44-36)30-18-14-28(15-19-30)27-12-16-29(17-13-27)32-23-41-34(43-32)22-38(2,3)4;10-8(12)9(5-11)6-1-3-7(13-9)4-2-6;1-2-3-4/h12-19,23-24,26,31,35H,10-11,20-22,25H2,1-9H3,(H,41,43)(H,42,44)(H,45,46);6-7,11H,1-5H2,(H2,10,12);3H,2H2,1H3. The van der Waals surface area contributed by atoms with Gasteiger partial charge in [-0.1, -0.05) is 104 Å². The molecule has 2 aromatic heterocycles. The molecule has 2 saturated heterocycles. The SMILES string of the molecule is CCC=O.COCC(C)(OC1CCC(C)CC1)C(=O)NC(c1ncc(-c2ccc(-c3ccc(-c4cnc(CC(C)(C)C)[nH]4)cc3)cc2)[nH]1)C(C)(C)C.NC(=O)C1(CO)OC2CCC1CC2. The first kappa shape index (κ1) is 51.3. The van der Waals surface area contributed by atoms with E-state index in [0.717, 1.165) is 104 Å². The number of imidazole rings is 2. The van der Waals surface area contributed by atoms with Gasteiger partial charge in [-0.2, -0.15) is 0 Å². The molecule has 0 radical (unpaired) electrons. The molecule has 2 saturated carbocycles. The number of aromatic nitrogens is 4. The van der Waals surface area contributed by atoms with Gasteiger partial charge in [0.05, 0.1) is 55.2 Å². The van der Waals surface area contributed by atoms with Gasteiger partial charge in [0.2, 0.25) is 0 Å². The van der Waals surface area contributed by atoms with Crippen LogP contribution in [-0.2, 0) is 35.0 Å². The molecule has 6 N–H and O–H groups in total. The van der Waals surface area contributed by atoms with Gasteiger partial charge in [0.25, 0.3) is 11.8 Å². The number of ether oxygens (including phenoxy) is 3. The minimum atomic E-state index is -1.10. The van der Waals surface area contributed by atoms with Crippen molar-refractivity contribution in [3.63, 3.8) is 0 Å². The van der Waals surface area contributed by atoms with Crippen molar-refractivity contribution in [2.75, 3.05) is 20.3 Å². The summed E-state index contributed by atoms with van der Waals surface area (Å²) in [6.45, 7) is 18.8. The second kappa shape index (κ2) is 22.2. The van der Waals surface area contributed by atoms with E-state index in [1.807, 2.05) is 26.2 Å². The summed E-state index contributed by atoms with van der Waals surface area (Å²) in [6, 6.07) is 16.7. The number of H-pyrrole nitrogens is 2. The lowest BCUT2D eigenvalue weighted by molar-refractivity contribution is -0.211. The van der Waals surface area contributed by atoms with E-state index >= 15 is 0 Å². The number of amides is 2. The number of hydrogen-bond donors (Lipinski definition) is 5. The molecular weight excluding hydrogens is 821 g/mol. The molecule has 13 nitrogen and oxygen atoms in total. The first-order valence-corrected chi connectivity index (χ1v) is 23.5. The molecule has 2 aromatic carbocycles. The van der Waals surface area contributed by atoms with Gasteiger partial charge in [-0.25, -0.2) is 9.97 Å². The molecule has 4 heterocycles. The van der Waals surface area contributed by atoms with E-state index < -0.39 is 17.1 Å². The molecule has 356 valence electrons. The number of aliphatic hydroxyl groups excluding tert-OH is 1. The average Bonchev–Trinajstić information content (AvgIpc) is 3.96. The third-order valence-electron chi connectivity index (χ3n) is 12.9. The summed E-state index contributed by atoms with van der Waals surface area (Å²) in [5, 5.41) is 12.5. The molecule has 2 amide bonds. The number of nitrogens with zero attached hydrogens (tertiary/aromatic N) is 2. The van der Waals surface area contributed by atoms with Crippen molar-refractivity contribution in [2.45, 2.75) is 156 Å². The maximum Gasteiger partial charge on any atom is 0.255 e. The highest BCUT2D eigenvalue weighted by Gasteiger charge is 2.52. The van der Waals surface area contributed by atoms with Crippen molar-refractivity contribution in [3.8, 4) is 33.6 Å². The number of rotatable bonds is 14. The number of hydrogen-bond acceptors (Lipinski definition) is 9. The highest BCUT2D eigenvalue weighted by Crippen LogP contribution is 2.44. The Morgan fingerprint density at radius 3 is 1.82 bits per heavy atom. The molecular formula is C52H76N6O7. The number of benzene rings is 2. The third-order valence-corrected chi connectivity index (χ3v) is 12.9. The number of aliphatic hydroxyl groups is 1. The number of carbonyl (C=O) groups is 3. The predicted octanol–water partition coefficient (Wildman–Crippen LogP) is 9.31. The van der Waals surface area contributed by atoms with Crippen LogP contribution in [0.3, 0.4) is 0 Å². The molecule has 8 rings (SSSR count). The Bertz CT molecular complexity index is 2120. The smallest absolute Gasteiger partial charge is 0.255 e. The van der Waals surface area contributed by atoms with Crippen LogP contribution in [0.25, 0.3) is 33.6 Å². The van der Waals surface area contributed by atoms with Crippen LogP contribution in [0.5, 0.6) is 0 Å². The second-order valence-corrected chi connectivity index (χ2v) is 20.8. The molecule has 0 spiro atoms. The number of nitrogens with two attached hydrogens (primary N) is 1. The van der Waals surface area contributed by atoms with E-state index in [9.17, 15) is 19.5 Å². The molecule has 2 aliphatic heterocycles. The highest BCUT2D eigenvalue weighted by atomic mass is 16.6. The molecule has 4 aliphatic rings. The fraction of sp³-hybridized carbons (Fsp3) is 0.596. The summed E-state index contributed by atoms with van der Waals surface area (Å²) in [6.07, 6.45) is 14.4. The number of primary amides is 1. The van der Waals surface area contributed by atoms with E-state index in [1.165, 1.54) is 0 Å². The van der Waals surface area contributed by atoms with E-state index in [2.05, 4.69) is 117 Å². The summed E-state index contributed by atoms with van der Waals surface area (Å²) in [5.41, 5.74) is 9.33. The quantitative estimate of drug-likeness (QED) is 0.0767. The Hall–Kier alpha value is -4.69. The van der Waals surface area contributed by atoms with E-state index in [0.29, 0.717) is 18.2 Å². The van der Waals surface area contributed by atoms with Crippen molar-refractivity contribution in [2.24, 2.45) is 28.4 Å². The molecule has 4 fully saturated rings. The second-order valence-electron chi connectivity index (χ2n) is 20.8. The number of carbonyl (C=O) groups excluding carboxylic acids is 3. The summed E-state index contributed by atoms with van der Waals surface area (Å²) >= 11 is 0. The molecule has 2 bridgehead atoms. The Kier molecular flexibility index (Phi) is 17.5. The lowest BCUT2D eigenvalue weighted by atomic mass is 9.72. The monoisotopic (exact) mass is 897 g/mol. The van der Waals surface area contributed by atoms with Crippen molar-refractivity contribution in [1.82, 2.24) is 25.3 Å². The maximum absolute atomic E-state index is 13.9. The summed E-state index contributed by atoms with van der Waals surface area (Å²) < 4.78 is 17.5. The van der Waals surface area contributed by atoms with Crippen molar-refractivity contribution >= 4 is 18.1 Å². The number of aldehydes is 1. The zero-order valence-corrected chi connectivity index (χ0v) is 40.6. The molecule has 65 heavy (non-hydrogen) atoms. The normalized spacial score (nSPS) is 23.2. The lowest BCUT2D eigenvalue weighted by Crippen LogP contribution is -2.61. The fourth-order valence-corrected chi connectivity index (χ4v) is 9.08. The van der Waals surface area contributed by atoms with Gasteiger partial charge >= 0.3 is 0 Å². The topological polar surface area (TPSA) is 195 Å². The van der Waals surface area contributed by atoms with Gasteiger partial charge in [0.1, 0.15) is 17.9 Å². The van der Waals surface area contributed by atoms with Gasteiger partial charge in [-0.15, -0.1) is 0 Å². The number of fused-ring (bicyclic) bond motifs is 3. The van der Waals surface area contributed by atoms with Crippen molar-refractivity contribution in [1.29, 1.82) is 0 Å². The fourth-order valence-electron chi connectivity index (χ4n) is 9.08. The number of aromatic amines is 2. The van der Waals surface area contributed by atoms with Gasteiger partial charge in [0.15, 0.2) is 11.2 Å². The largest absolute Gasteiger partial charge is 0.393 e. The highest BCUT2D eigenvalue weighted by molar-refractivity contribution is 5.85. The van der Waals surface area contributed by atoms with Crippen LogP contribution in [-0.4, -0.2) is 86.9 Å². The number of nitrogens with one attached hydrogen (secondary N) is 3. The van der Waals surface area contributed by atoms with Crippen molar-refractivity contribution in [3.05, 3.63) is 72.6 Å². The molecule has 3 atom stereocenters. The van der Waals surface area contributed by atoms with Crippen LogP contribution >= 0.6 is 0 Å². The minimum Gasteiger partial charge on any atom is -0.393 e. The average molecular weight is 897 g/mol. The first-order chi connectivity index (χ1) is 30.7. The van der Waals surface area contributed by atoms with Crippen LogP contribution in [0.1, 0.15) is 138 Å². The summed E-state index contributed by atoms with van der Waals surface area (Å²) in [5.74, 6) is 1.85. The van der Waals surface area contributed by atoms with Crippen molar-refractivity contribution < 1.29 is 33.7 Å². The predicted molar refractivity (Wildman–Crippen MR) is 256 cm³/mol. The van der Waals surface area contributed by atoms with E-state index in [-0.39, 0.29) is 54.1 Å². The summed E-state index contributed by atoms with van der Waals surface area (Å²) in [7, 11) is 1.61. The molecule has 2 aliphatic carbocycles. The van der Waals surface area contributed by atoms with E-state index in [4.69, 9.17) is 24.9 Å². The van der Waals surface area contributed by atoms with Gasteiger partial charge in [-0.05, 0) is 103 Å². The van der Waals surface area contributed by atoms with Gasteiger partial charge in [-0.3, -0.25) is 9.59 Å². The van der Waals surface area contributed by atoms with Crippen LogP contribution in [0.2, 0.25) is 0 Å². The first-order valence-electron chi connectivity index (χ1n) is 23.5. The molecule has 3 unspecified atom stereocenters. The Balaban J connectivity index is 0.000000388.